The van der Waals surface area contributed by atoms with Gasteiger partial charge in [-0.1, -0.05) is 12.1 Å². The molecule has 2 nitrogen and oxygen atoms in total. The molecular weight excluding hydrogens is 234 g/mol. The van der Waals surface area contributed by atoms with E-state index in [1.54, 1.807) is 19.5 Å². The van der Waals surface area contributed by atoms with Crippen LogP contribution >= 0.6 is 11.6 Å². The zero-order valence-electron chi connectivity index (χ0n) is 9.64. The van der Waals surface area contributed by atoms with Crippen LogP contribution in [0.5, 0.6) is 5.75 Å². The Morgan fingerprint density at radius 2 is 2.00 bits per heavy atom. The molecule has 0 fully saturated rings. The van der Waals surface area contributed by atoms with Gasteiger partial charge in [0.05, 0.1) is 12.5 Å². The normalized spacial score (nSPS) is 12.1. The molecule has 0 aliphatic heterocycles. The summed E-state index contributed by atoms with van der Waals surface area (Å²) >= 11 is 6.39. The molecule has 0 amide bonds. The Morgan fingerprint density at radius 3 is 2.71 bits per heavy atom. The summed E-state index contributed by atoms with van der Waals surface area (Å²) in [6.45, 7) is 0. The Hall–Kier alpha value is -1.54. The highest BCUT2D eigenvalue weighted by Gasteiger charge is 2.09. The van der Waals surface area contributed by atoms with Crippen LogP contribution < -0.4 is 4.74 Å². The molecule has 17 heavy (non-hydrogen) atoms. The fraction of sp³-hybridized carbons (Fsp3) is 0.214. The smallest absolute Gasteiger partial charge is 0.119 e. The van der Waals surface area contributed by atoms with Gasteiger partial charge in [-0.25, -0.2) is 0 Å². The number of ether oxygens (including phenoxy) is 1. The summed E-state index contributed by atoms with van der Waals surface area (Å²) < 4.78 is 5.19. The molecule has 1 heterocycles. The zero-order chi connectivity index (χ0) is 12.1. The number of hydrogen-bond donors (Lipinski definition) is 0. The molecule has 3 heteroatoms. The number of nitrogens with zero attached hydrogens (tertiary/aromatic N) is 1. The third-order valence-electron chi connectivity index (χ3n) is 2.62. The lowest BCUT2D eigenvalue weighted by molar-refractivity contribution is 0.414. The fourth-order valence-corrected chi connectivity index (χ4v) is 1.99. The topological polar surface area (TPSA) is 22.1 Å². The van der Waals surface area contributed by atoms with E-state index in [2.05, 4.69) is 4.98 Å². The lowest BCUT2D eigenvalue weighted by Crippen LogP contribution is -1.96. The number of aromatic nitrogens is 1. The van der Waals surface area contributed by atoms with Crippen LogP contribution in [0.2, 0.25) is 0 Å². The van der Waals surface area contributed by atoms with E-state index in [0.29, 0.717) is 0 Å². The van der Waals surface area contributed by atoms with E-state index in [9.17, 15) is 0 Å². The Labute approximate surface area is 106 Å². The molecule has 0 bridgehead atoms. The third kappa shape index (κ3) is 3.21. The van der Waals surface area contributed by atoms with E-state index < -0.39 is 0 Å². The second-order valence-electron chi connectivity index (χ2n) is 3.80. The molecular formula is C14H14ClNO. The standard InChI is InChI=1S/C14H14ClNO/c1-17-13-4-2-3-12(10-13)14(15)9-11-5-7-16-8-6-11/h2-8,10,14H,9H2,1H3. The van der Waals surface area contributed by atoms with Gasteiger partial charge in [-0.05, 0) is 41.8 Å². The summed E-state index contributed by atoms with van der Waals surface area (Å²) in [5.41, 5.74) is 2.26. The second kappa shape index (κ2) is 5.69. The largest absolute Gasteiger partial charge is 0.497 e. The second-order valence-corrected chi connectivity index (χ2v) is 4.33. The highest BCUT2D eigenvalue weighted by atomic mass is 35.5. The summed E-state index contributed by atoms with van der Waals surface area (Å²) in [4.78, 5) is 3.99. The molecule has 2 rings (SSSR count). The Bertz CT molecular complexity index is 473. The van der Waals surface area contributed by atoms with Gasteiger partial charge in [-0.2, -0.15) is 0 Å². The van der Waals surface area contributed by atoms with Gasteiger partial charge in [-0.3, -0.25) is 4.98 Å². The zero-order valence-corrected chi connectivity index (χ0v) is 10.4. The van der Waals surface area contributed by atoms with Crippen LogP contribution in [0.25, 0.3) is 0 Å². The van der Waals surface area contributed by atoms with Crippen molar-refractivity contribution in [2.45, 2.75) is 11.8 Å². The van der Waals surface area contributed by atoms with E-state index in [0.717, 1.165) is 17.7 Å². The predicted octanol–water partition coefficient (Wildman–Crippen LogP) is 3.61. The molecule has 1 aromatic carbocycles. The van der Waals surface area contributed by atoms with Crippen LogP contribution in [0.4, 0.5) is 0 Å². The van der Waals surface area contributed by atoms with Gasteiger partial charge in [0, 0.05) is 12.4 Å². The number of rotatable bonds is 4. The average molecular weight is 248 g/mol. The molecule has 0 aliphatic rings. The van der Waals surface area contributed by atoms with Crippen molar-refractivity contribution in [3.63, 3.8) is 0 Å². The van der Waals surface area contributed by atoms with E-state index in [-0.39, 0.29) is 5.38 Å². The molecule has 0 saturated carbocycles. The molecule has 0 spiro atoms. The fourth-order valence-electron chi connectivity index (χ4n) is 1.68. The van der Waals surface area contributed by atoms with Crippen LogP contribution in [-0.4, -0.2) is 12.1 Å². The SMILES string of the molecule is COc1cccc(C(Cl)Cc2ccncc2)c1. The van der Waals surface area contributed by atoms with Gasteiger partial charge in [0.15, 0.2) is 0 Å². The number of alkyl halides is 1. The molecule has 0 radical (unpaired) electrons. The Kier molecular flexibility index (Phi) is 3.99. The predicted molar refractivity (Wildman–Crippen MR) is 69.5 cm³/mol. The molecule has 88 valence electrons. The van der Waals surface area contributed by atoms with Crippen molar-refractivity contribution in [1.29, 1.82) is 0 Å². The van der Waals surface area contributed by atoms with Gasteiger partial charge in [0.1, 0.15) is 5.75 Å². The van der Waals surface area contributed by atoms with Gasteiger partial charge >= 0.3 is 0 Å². The van der Waals surface area contributed by atoms with Gasteiger partial charge in [0.2, 0.25) is 0 Å². The number of benzene rings is 1. The number of pyridine rings is 1. The maximum Gasteiger partial charge on any atom is 0.119 e. The van der Waals surface area contributed by atoms with Crippen LogP contribution in [0.15, 0.2) is 48.8 Å². The number of methoxy groups -OCH3 is 1. The Morgan fingerprint density at radius 1 is 1.24 bits per heavy atom. The van der Waals surface area contributed by atoms with Crippen LogP contribution in [0.3, 0.4) is 0 Å². The molecule has 0 saturated heterocycles. The first-order valence-corrected chi connectivity index (χ1v) is 5.90. The lowest BCUT2D eigenvalue weighted by Gasteiger charge is -2.11. The summed E-state index contributed by atoms with van der Waals surface area (Å²) in [6.07, 6.45) is 4.35. The van der Waals surface area contributed by atoms with Crippen molar-refractivity contribution < 1.29 is 4.74 Å². The first kappa shape index (κ1) is 11.9. The van der Waals surface area contributed by atoms with Crippen LogP contribution in [0, 0.1) is 0 Å². The third-order valence-corrected chi connectivity index (χ3v) is 3.03. The highest BCUT2D eigenvalue weighted by molar-refractivity contribution is 6.20. The quantitative estimate of drug-likeness (QED) is 0.770. The minimum absolute atomic E-state index is 0.0486. The number of halogens is 1. The van der Waals surface area contributed by atoms with Crippen molar-refractivity contribution >= 4 is 11.6 Å². The average Bonchev–Trinajstić information content (AvgIpc) is 2.40. The lowest BCUT2D eigenvalue weighted by atomic mass is 10.0. The van der Waals surface area contributed by atoms with Gasteiger partial charge in [-0.15, -0.1) is 11.6 Å². The van der Waals surface area contributed by atoms with E-state index in [1.807, 2.05) is 36.4 Å². The molecule has 1 aromatic heterocycles. The summed E-state index contributed by atoms with van der Waals surface area (Å²) in [7, 11) is 1.66. The molecule has 0 aliphatic carbocycles. The molecule has 2 aromatic rings. The van der Waals surface area contributed by atoms with Gasteiger partial charge in [0.25, 0.3) is 0 Å². The van der Waals surface area contributed by atoms with Crippen molar-refractivity contribution in [3.8, 4) is 5.75 Å². The van der Waals surface area contributed by atoms with Gasteiger partial charge < -0.3 is 4.74 Å². The van der Waals surface area contributed by atoms with Crippen LogP contribution in [0.1, 0.15) is 16.5 Å². The summed E-state index contributed by atoms with van der Waals surface area (Å²) in [6, 6.07) is 11.8. The minimum Gasteiger partial charge on any atom is -0.497 e. The minimum atomic E-state index is -0.0486. The van der Waals surface area contributed by atoms with E-state index in [4.69, 9.17) is 16.3 Å². The van der Waals surface area contributed by atoms with Crippen molar-refractivity contribution in [3.05, 3.63) is 59.9 Å². The summed E-state index contributed by atoms with van der Waals surface area (Å²) in [5, 5.41) is -0.0486. The maximum absolute atomic E-state index is 6.39. The Balaban J connectivity index is 2.11. The first-order valence-electron chi connectivity index (χ1n) is 5.46. The number of hydrogen-bond acceptors (Lipinski definition) is 2. The van der Waals surface area contributed by atoms with Crippen molar-refractivity contribution in [2.75, 3.05) is 7.11 Å². The monoisotopic (exact) mass is 247 g/mol. The first-order chi connectivity index (χ1) is 8.29. The van der Waals surface area contributed by atoms with Crippen molar-refractivity contribution in [1.82, 2.24) is 4.98 Å². The van der Waals surface area contributed by atoms with Crippen LogP contribution in [-0.2, 0) is 6.42 Å². The molecule has 1 atom stereocenters. The maximum atomic E-state index is 6.39. The van der Waals surface area contributed by atoms with E-state index >= 15 is 0 Å². The highest BCUT2D eigenvalue weighted by Crippen LogP contribution is 2.27. The van der Waals surface area contributed by atoms with Crippen molar-refractivity contribution in [2.24, 2.45) is 0 Å². The summed E-state index contributed by atoms with van der Waals surface area (Å²) in [5.74, 6) is 0.836. The molecule has 0 N–H and O–H groups in total. The molecule has 1 unspecified atom stereocenters. The van der Waals surface area contributed by atoms with E-state index in [1.165, 1.54) is 5.56 Å².